The Kier molecular flexibility index (Phi) is 6.94. The lowest BCUT2D eigenvalue weighted by molar-refractivity contribution is -0.384. The quantitative estimate of drug-likeness (QED) is 0.502. The Morgan fingerprint density at radius 2 is 1.58 bits per heavy atom. The van der Waals surface area contributed by atoms with Crippen molar-refractivity contribution in [3.8, 4) is 0 Å². The van der Waals surface area contributed by atoms with Gasteiger partial charge in [0.25, 0.3) is 11.6 Å². The molecule has 0 atom stereocenters. The highest BCUT2D eigenvalue weighted by Gasteiger charge is 2.26. The predicted molar refractivity (Wildman–Crippen MR) is 126 cm³/mol. The lowest BCUT2D eigenvalue weighted by atomic mass is 10.1. The van der Waals surface area contributed by atoms with Crippen LogP contribution in [0.4, 0.5) is 17.1 Å². The zero-order valence-corrected chi connectivity index (χ0v) is 19.2. The van der Waals surface area contributed by atoms with Crippen LogP contribution in [0.15, 0.2) is 47.4 Å². The first-order valence-corrected chi connectivity index (χ1v) is 12.8. The van der Waals surface area contributed by atoms with E-state index in [1.165, 1.54) is 22.5 Å². The van der Waals surface area contributed by atoms with E-state index in [1.807, 2.05) is 4.90 Å². The molecule has 2 aliphatic rings. The molecule has 33 heavy (non-hydrogen) atoms. The summed E-state index contributed by atoms with van der Waals surface area (Å²) in [6.07, 6.45) is 5.67. The van der Waals surface area contributed by atoms with E-state index in [-0.39, 0.29) is 16.1 Å². The molecule has 10 heteroatoms. The maximum atomic E-state index is 13.1. The van der Waals surface area contributed by atoms with Gasteiger partial charge in [-0.15, -0.1) is 0 Å². The molecule has 9 nitrogen and oxygen atoms in total. The van der Waals surface area contributed by atoms with E-state index in [0.717, 1.165) is 51.6 Å². The minimum Gasteiger partial charge on any atom is -0.366 e. The molecule has 176 valence electrons. The zero-order chi connectivity index (χ0) is 23.4. The third kappa shape index (κ3) is 5.17. The number of carbonyl (C=O) groups excluding carboxylic acids is 1. The van der Waals surface area contributed by atoms with Gasteiger partial charge in [0.15, 0.2) is 0 Å². The van der Waals surface area contributed by atoms with Crippen LogP contribution in [0.3, 0.4) is 0 Å². The first kappa shape index (κ1) is 23.2. The molecule has 2 aliphatic heterocycles. The number of nitrogens with one attached hydrogen (secondary N) is 1. The molecule has 2 heterocycles. The fourth-order valence-electron chi connectivity index (χ4n) is 4.41. The monoisotopic (exact) mass is 472 g/mol. The molecule has 1 N–H and O–H groups in total. The van der Waals surface area contributed by atoms with E-state index in [0.29, 0.717) is 24.5 Å². The largest absolute Gasteiger partial charge is 0.366 e. The van der Waals surface area contributed by atoms with Crippen molar-refractivity contribution in [3.05, 3.63) is 58.1 Å². The summed E-state index contributed by atoms with van der Waals surface area (Å²) < 4.78 is 27.6. The molecule has 0 unspecified atom stereocenters. The van der Waals surface area contributed by atoms with Crippen LogP contribution >= 0.6 is 0 Å². The van der Waals surface area contributed by atoms with Gasteiger partial charge in [-0.25, -0.2) is 8.42 Å². The summed E-state index contributed by atoms with van der Waals surface area (Å²) in [5, 5.41) is 14.3. The Morgan fingerprint density at radius 1 is 0.909 bits per heavy atom. The Bertz CT molecular complexity index is 1140. The highest BCUT2D eigenvalue weighted by Crippen LogP contribution is 2.32. The summed E-state index contributed by atoms with van der Waals surface area (Å²) in [6, 6.07) is 10.6. The van der Waals surface area contributed by atoms with E-state index >= 15 is 0 Å². The average molecular weight is 473 g/mol. The van der Waals surface area contributed by atoms with Crippen molar-refractivity contribution in [3.63, 3.8) is 0 Å². The maximum Gasteiger partial charge on any atom is 0.293 e. The number of carbonyl (C=O) groups is 1. The number of anilines is 2. The van der Waals surface area contributed by atoms with Gasteiger partial charge in [0, 0.05) is 43.5 Å². The first-order chi connectivity index (χ1) is 15.9. The Balaban J connectivity index is 1.54. The summed E-state index contributed by atoms with van der Waals surface area (Å²) in [4.78, 5) is 26.0. The van der Waals surface area contributed by atoms with Gasteiger partial charge in [0.1, 0.15) is 5.69 Å². The highest BCUT2D eigenvalue weighted by molar-refractivity contribution is 7.89. The number of sulfonamides is 1. The van der Waals surface area contributed by atoms with Crippen molar-refractivity contribution >= 4 is 33.0 Å². The van der Waals surface area contributed by atoms with Crippen molar-refractivity contribution in [2.24, 2.45) is 0 Å². The highest BCUT2D eigenvalue weighted by atomic mass is 32.2. The standard InChI is InChI=1S/C23H28N4O5S/c28-23(18-10-11-21(22(16-18)27(29)30)25-12-5-6-13-25)24-19-8-7-9-20(17-19)33(31,32)26-14-3-1-2-4-15-26/h7-11,16-17H,1-6,12-15H2,(H,24,28). The van der Waals surface area contributed by atoms with Crippen LogP contribution in [0.2, 0.25) is 0 Å². The van der Waals surface area contributed by atoms with Crippen LogP contribution in [-0.4, -0.2) is 49.7 Å². The van der Waals surface area contributed by atoms with Crippen LogP contribution in [0, 0.1) is 10.1 Å². The van der Waals surface area contributed by atoms with E-state index in [9.17, 15) is 23.3 Å². The lowest BCUT2D eigenvalue weighted by Gasteiger charge is -2.20. The molecular formula is C23H28N4O5S. The Hall–Kier alpha value is -2.98. The number of benzene rings is 2. The molecule has 2 aromatic rings. The van der Waals surface area contributed by atoms with Crippen molar-refractivity contribution in [1.82, 2.24) is 4.31 Å². The molecular weight excluding hydrogens is 444 g/mol. The summed E-state index contributed by atoms with van der Waals surface area (Å²) in [5.41, 5.74) is 0.870. The molecule has 2 fully saturated rings. The van der Waals surface area contributed by atoms with Crippen molar-refractivity contribution in [1.29, 1.82) is 0 Å². The molecule has 2 aromatic carbocycles. The predicted octanol–water partition coefficient (Wildman–Crippen LogP) is 4.01. The van der Waals surface area contributed by atoms with E-state index in [2.05, 4.69) is 5.32 Å². The van der Waals surface area contributed by atoms with Crippen LogP contribution in [-0.2, 0) is 10.0 Å². The second-order valence-electron chi connectivity index (χ2n) is 8.46. The van der Waals surface area contributed by atoms with Gasteiger partial charge in [-0.2, -0.15) is 4.31 Å². The van der Waals surface area contributed by atoms with E-state index in [4.69, 9.17) is 0 Å². The van der Waals surface area contributed by atoms with Gasteiger partial charge < -0.3 is 10.2 Å². The number of amides is 1. The topological polar surface area (TPSA) is 113 Å². The SMILES string of the molecule is O=C(Nc1cccc(S(=O)(=O)N2CCCCCC2)c1)c1ccc(N2CCCC2)c([N+](=O)[O-])c1. The Morgan fingerprint density at radius 3 is 2.24 bits per heavy atom. The van der Waals surface area contributed by atoms with Crippen molar-refractivity contribution in [2.75, 3.05) is 36.4 Å². The van der Waals surface area contributed by atoms with Crippen LogP contribution in [0.5, 0.6) is 0 Å². The summed E-state index contributed by atoms with van der Waals surface area (Å²) in [7, 11) is -3.65. The number of nitro benzene ring substituents is 1. The molecule has 1 amide bonds. The smallest absolute Gasteiger partial charge is 0.293 e. The number of nitro groups is 1. The molecule has 0 aliphatic carbocycles. The average Bonchev–Trinajstić information content (AvgIpc) is 3.20. The lowest BCUT2D eigenvalue weighted by Crippen LogP contribution is -2.32. The Labute approximate surface area is 193 Å². The van der Waals surface area contributed by atoms with Crippen LogP contribution in [0.25, 0.3) is 0 Å². The summed E-state index contributed by atoms with van der Waals surface area (Å²) >= 11 is 0. The second kappa shape index (κ2) is 9.88. The maximum absolute atomic E-state index is 13.1. The van der Waals surface area contributed by atoms with Crippen molar-refractivity contribution < 1.29 is 18.1 Å². The molecule has 0 aromatic heterocycles. The first-order valence-electron chi connectivity index (χ1n) is 11.3. The third-order valence-corrected chi connectivity index (χ3v) is 8.07. The molecule has 0 radical (unpaired) electrons. The van der Waals surface area contributed by atoms with Crippen LogP contribution in [0.1, 0.15) is 48.9 Å². The summed E-state index contributed by atoms with van der Waals surface area (Å²) in [6.45, 7) is 2.49. The number of rotatable bonds is 6. The van der Waals surface area contributed by atoms with Gasteiger partial charge >= 0.3 is 0 Å². The molecule has 0 bridgehead atoms. The van der Waals surface area contributed by atoms with Gasteiger partial charge in [0.05, 0.1) is 9.82 Å². The fraction of sp³-hybridized carbons (Fsp3) is 0.435. The van der Waals surface area contributed by atoms with E-state index < -0.39 is 20.9 Å². The van der Waals surface area contributed by atoms with Gasteiger partial charge in [-0.3, -0.25) is 14.9 Å². The number of hydrogen-bond acceptors (Lipinski definition) is 6. The van der Waals surface area contributed by atoms with Gasteiger partial charge in [0.2, 0.25) is 10.0 Å². The minimum absolute atomic E-state index is 0.109. The number of hydrogen-bond donors (Lipinski definition) is 1. The summed E-state index contributed by atoms with van der Waals surface area (Å²) in [5.74, 6) is -0.532. The van der Waals surface area contributed by atoms with Crippen LogP contribution < -0.4 is 10.2 Å². The molecule has 0 saturated carbocycles. The van der Waals surface area contributed by atoms with Crippen molar-refractivity contribution in [2.45, 2.75) is 43.4 Å². The zero-order valence-electron chi connectivity index (χ0n) is 18.4. The molecule has 2 saturated heterocycles. The fourth-order valence-corrected chi connectivity index (χ4v) is 5.97. The molecule has 0 spiro atoms. The minimum atomic E-state index is -3.65. The number of nitrogens with zero attached hydrogens (tertiary/aromatic N) is 3. The molecule has 4 rings (SSSR count). The van der Waals surface area contributed by atoms with Gasteiger partial charge in [-0.1, -0.05) is 18.9 Å². The second-order valence-corrected chi connectivity index (χ2v) is 10.4. The van der Waals surface area contributed by atoms with E-state index in [1.54, 1.807) is 24.3 Å². The third-order valence-electron chi connectivity index (χ3n) is 6.18. The normalized spacial score (nSPS) is 17.5. The van der Waals surface area contributed by atoms with Gasteiger partial charge in [-0.05, 0) is 56.0 Å².